The molecule has 216 valence electrons. The molecule has 0 radical (unpaired) electrons. The lowest BCUT2D eigenvalue weighted by molar-refractivity contribution is -0.128. The first-order valence-corrected chi connectivity index (χ1v) is 13.6. The molecule has 0 bridgehead atoms. The van der Waals surface area contributed by atoms with E-state index in [1.165, 1.54) is 72.3 Å². The van der Waals surface area contributed by atoms with Crippen LogP contribution < -0.4 is 21.3 Å². The number of thiophene rings is 1. The van der Waals surface area contributed by atoms with Crippen LogP contribution in [-0.2, 0) is 23.3 Å². The number of amides is 1. The van der Waals surface area contributed by atoms with Crippen molar-refractivity contribution >= 4 is 27.5 Å². The first-order valence-electron chi connectivity index (χ1n) is 12.8. The molecule has 13 heteroatoms. The number of aryl methyl sites for hydroxylation is 3. The monoisotopic (exact) mass is 574 g/mol. The van der Waals surface area contributed by atoms with Crippen LogP contribution in [0.15, 0.2) is 40.2 Å². The predicted octanol–water partition coefficient (Wildman–Crippen LogP) is 2.76. The summed E-state index contributed by atoms with van der Waals surface area (Å²) >= 11 is 1.20. The van der Waals surface area contributed by atoms with Gasteiger partial charge >= 0.3 is 5.69 Å². The highest BCUT2D eigenvalue weighted by molar-refractivity contribution is 7.21. The molecule has 4 aromatic rings. The number of nitrogens with zero attached hydrogens (tertiary/aromatic N) is 5. The Morgan fingerprint density at radius 1 is 1.23 bits per heavy atom. The smallest absolute Gasteiger partial charge is 0.333 e. The van der Waals surface area contributed by atoms with Gasteiger partial charge in [-0.2, -0.15) is 10.2 Å². The van der Waals surface area contributed by atoms with Gasteiger partial charge in [0.2, 0.25) is 5.91 Å². The molecule has 0 atom stereocenters. The maximum absolute atomic E-state index is 14.0. The van der Waals surface area contributed by atoms with Crippen LogP contribution in [0.2, 0.25) is 0 Å². The van der Waals surface area contributed by atoms with Crippen molar-refractivity contribution in [3.05, 3.63) is 68.4 Å². The maximum Gasteiger partial charge on any atom is 0.333 e. The largest absolute Gasteiger partial charge is 0.496 e. The number of fused-ring (bicyclic) bond motifs is 1. The van der Waals surface area contributed by atoms with E-state index in [1.54, 1.807) is 27.7 Å². The molecular weight excluding hydrogens is 539 g/mol. The fraction of sp³-hybridized carbons (Fsp3) is 0.444. The number of likely N-dealkylation sites (N-methyl/N-ethyl adjacent to an activating group) is 1. The van der Waals surface area contributed by atoms with E-state index in [0.717, 1.165) is 4.57 Å². The average molecular weight is 575 g/mol. The summed E-state index contributed by atoms with van der Waals surface area (Å²) in [5, 5.41) is 20.0. The number of carbonyl (C=O) groups is 1. The second kappa shape index (κ2) is 12.6. The Bertz CT molecular complexity index is 1600. The summed E-state index contributed by atoms with van der Waals surface area (Å²) in [7, 11) is 1.49. The van der Waals surface area contributed by atoms with E-state index in [9.17, 15) is 18.8 Å². The molecule has 2 N–H and O–H groups in total. The van der Waals surface area contributed by atoms with Gasteiger partial charge in [-0.3, -0.25) is 14.2 Å². The lowest BCUT2D eigenvalue weighted by atomic mass is 10.0. The lowest BCUT2D eigenvalue weighted by Crippen LogP contribution is -2.55. The van der Waals surface area contributed by atoms with Crippen molar-refractivity contribution in [2.24, 2.45) is 0 Å². The van der Waals surface area contributed by atoms with E-state index in [2.05, 4.69) is 15.5 Å². The van der Waals surface area contributed by atoms with Crippen LogP contribution in [0, 0.1) is 12.7 Å². The number of carbonyl (C=O) groups excluding carboxylic acids is 1. The van der Waals surface area contributed by atoms with E-state index in [4.69, 9.17) is 9.84 Å². The summed E-state index contributed by atoms with van der Waals surface area (Å²) < 4.78 is 21.8. The predicted molar refractivity (Wildman–Crippen MR) is 152 cm³/mol. The van der Waals surface area contributed by atoms with E-state index < -0.39 is 28.5 Å². The molecule has 0 unspecified atom stereocenters. The summed E-state index contributed by atoms with van der Waals surface area (Å²) in [4.78, 5) is 42.3. The number of hydrogen-bond donors (Lipinski definition) is 2. The standard InChI is InChI=1S/C24H27FN6O4S.C3H8O/c1-6-26-22(33)24(3,4)30-19(32)18-14(2)20(31-27-10-11-28-31)36-21(18)29(23(30)34)12-9-15-13-16(25)7-8-17(15)35-5;1-3(2)4/h7-8,10-11,13H,6,9,12H2,1-5H3,(H,26,33);3-4H,1-2H3. The van der Waals surface area contributed by atoms with Crippen LogP contribution in [0.5, 0.6) is 5.75 Å². The summed E-state index contributed by atoms with van der Waals surface area (Å²) in [6.45, 7) is 10.5. The molecule has 0 aliphatic carbocycles. The van der Waals surface area contributed by atoms with Crippen molar-refractivity contribution in [3.63, 3.8) is 0 Å². The van der Waals surface area contributed by atoms with Crippen LogP contribution in [0.3, 0.4) is 0 Å². The number of nitrogens with one attached hydrogen (secondary N) is 1. The molecule has 0 aliphatic heterocycles. The van der Waals surface area contributed by atoms with Gasteiger partial charge in [-0.1, -0.05) is 11.3 Å². The Balaban J connectivity index is 0.00000103. The first kappa shape index (κ1) is 30.7. The fourth-order valence-corrected chi connectivity index (χ4v) is 5.43. The summed E-state index contributed by atoms with van der Waals surface area (Å²) in [5.74, 6) is -0.395. The molecule has 11 nitrogen and oxygen atoms in total. The molecule has 4 rings (SSSR count). The molecular formula is C27H35FN6O5S. The van der Waals surface area contributed by atoms with E-state index in [0.29, 0.717) is 38.6 Å². The summed E-state index contributed by atoms with van der Waals surface area (Å²) in [5.41, 5.74) is -1.51. The number of benzene rings is 1. The Morgan fingerprint density at radius 2 is 1.85 bits per heavy atom. The van der Waals surface area contributed by atoms with Gasteiger partial charge in [0.15, 0.2) is 0 Å². The van der Waals surface area contributed by atoms with Gasteiger partial charge < -0.3 is 15.2 Å². The number of aliphatic hydroxyl groups excluding tert-OH is 1. The van der Waals surface area contributed by atoms with Crippen molar-refractivity contribution in [1.82, 2.24) is 29.4 Å². The second-order valence-corrected chi connectivity index (χ2v) is 10.8. The third-order valence-corrected chi connectivity index (χ3v) is 7.37. The summed E-state index contributed by atoms with van der Waals surface area (Å²) in [6.07, 6.45) is 3.12. The molecule has 0 aliphatic rings. The maximum atomic E-state index is 14.0. The van der Waals surface area contributed by atoms with Crippen LogP contribution >= 0.6 is 11.3 Å². The lowest BCUT2D eigenvalue weighted by Gasteiger charge is -2.26. The zero-order chi connectivity index (χ0) is 29.8. The topological polar surface area (TPSA) is 133 Å². The van der Waals surface area contributed by atoms with E-state index >= 15 is 0 Å². The molecule has 0 fully saturated rings. The SMILES string of the molecule is CC(C)O.CCNC(=O)C(C)(C)n1c(=O)c2c(C)c(-n3nccn3)sc2n(CCc2cc(F)ccc2OC)c1=O. The zero-order valence-electron chi connectivity index (χ0n) is 23.7. The number of aliphatic hydroxyl groups is 1. The number of ether oxygens (including phenoxy) is 1. The molecule has 40 heavy (non-hydrogen) atoms. The van der Waals surface area contributed by atoms with Crippen LogP contribution in [0.4, 0.5) is 4.39 Å². The molecule has 3 aromatic heterocycles. The molecule has 1 aromatic carbocycles. The summed E-state index contributed by atoms with van der Waals surface area (Å²) in [6, 6.07) is 4.18. The molecule has 3 heterocycles. The van der Waals surface area contributed by atoms with Crippen molar-refractivity contribution in [3.8, 4) is 10.8 Å². The normalized spacial score (nSPS) is 11.4. The van der Waals surface area contributed by atoms with Crippen molar-refractivity contribution in [1.29, 1.82) is 0 Å². The van der Waals surface area contributed by atoms with Gasteiger partial charge in [0, 0.05) is 24.8 Å². The van der Waals surface area contributed by atoms with Crippen molar-refractivity contribution in [2.45, 2.75) is 66.2 Å². The molecule has 0 spiro atoms. The Hall–Kier alpha value is -3.84. The number of methoxy groups -OCH3 is 1. The first-order chi connectivity index (χ1) is 18.8. The van der Waals surface area contributed by atoms with Gasteiger partial charge in [0.05, 0.1) is 24.9 Å². The van der Waals surface area contributed by atoms with Crippen molar-refractivity contribution < 1.29 is 19.0 Å². The number of hydrogen-bond acceptors (Lipinski definition) is 8. The quantitative estimate of drug-likeness (QED) is 0.331. The molecule has 1 amide bonds. The van der Waals surface area contributed by atoms with Crippen molar-refractivity contribution in [2.75, 3.05) is 13.7 Å². The molecule has 0 saturated carbocycles. The zero-order valence-corrected chi connectivity index (χ0v) is 24.5. The number of halogens is 1. The average Bonchev–Trinajstić information content (AvgIpc) is 3.52. The van der Waals surface area contributed by atoms with E-state index in [-0.39, 0.29) is 19.1 Å². The fourth-order valence-electron chi connectivity index (χ4n) is 4.19. The Morgan fingerprint density at radius 3 is 2.42 bits per heavy atom. The number of aromatic nitrogens is 5. The van der Waals surface area contributed by atoms with Gasteiger partial charge in [0.25, 0.3) is 5.56 Å². The van der Waals surface area contributed by atoms with Gasteiger partial charge in [-0.15, -0.1) is 4.80 Å². The van der Waals surface area contributed by atoms with Gasteiger partial charge in [-0.25, -0.2) is 13.8 Å². The second-order valence-electron chi connectivity index (χ2n) is 9.82. The Labute approximate surface area is 234 Å². The third kappa shape index (κ3) is 6.15. The molecule has 0 saturated heterocycles. The minimum Gasteiger partial charge on any atom is -0.496 e. The van der Waals surface area contributed by atoms with Crippen LogP contribution in [0.1, 0.15) is 45.7 Å². The van der Waals surface area contributed by atoms with Gasteiger partial charge in [0.1, 0.15) is 26.9 Å². The highest BCUT2D eigenvalue weighted by Gasteiger charge is 2.35. The van der Waals surface area contributed by atoms with E-state index in [1.807, 2.05) is 0 Å². The minimum absolute atomic E-state index is 0.118. The Kier molecular flexibility index (Phi) is 9.64. The van der Waals surface area contributed by atoms with Crippen LogP contribution in [0.25, 0.3) is 15.2 Å². The highest BCUT2D eigenvalue weighted by atomic mass is 32.1. The van der Waals surface area contributed by atoms with Gasteiger partial charge in [-0.05, 0) is 71.7 Å². The van der Waals surface area contributed by atoms with Crippen LogP contribution in [-0.4, -0.2) is 54.9 Å². The highest BCUT2D eigenvalue weighted by Crippen LogP contribution is 2.31. The third-order valence-electron chi connectivity index (χ3n) is 6.09. The number of rotatable bonds is 8. The minimum atomic E-state index is -1.46.